The largest absolute Gasteiger partial charge is 0.351 e. The number of hydrogen-bond acceptors (Lipinski definition) is 2. The molecular formula is C14H17N3O. The van der Waals surface area contributed by atoms with Crippen LogP contribution in [0.2, 0.25) is 0 Å². The fourth-order valence-corrected chi connectivity index (χ4v) is 1.65. The molecule has 0 radical (unpaired) electrons. The molecule has 4 nitrogen and oxygen atoms in total. The minimum absolute atomic E-state index is 0.113. The molecule has 2 rings (SSSR count). The molecule has 1 heterocycles. The molecule has 0 bridgehead atoms. The highest BCUT2D eigenvalue weighted by atomic mass is 16.1. The van der Waals surface area contributed by atoms with E-state index in [1.807, 2.05) is 34.9 Å². The van der Waals surface area contributed by atoms with Crippen LogP contribution in [0.4, 0.5) is 0 Å². The van der Waals surface area contributed by atoms with Crippen molar-refractivity contribution in [1.82, 2.24) is 14.9 Å². The lowest BCUT2D eigenvalue weighted by atomic mass is 10.3. The summed E-state index contributed by atoms with van der Waals surface area (Å²) in [5.74, 6) is -0.113. The number of carbonyl (C=O) groups excluding carboxylic acids is 1. The first-order valence-electron chi connectivity index (χ1n) is 6.19. The molecule has 0 spiro atoms. The predicted molar refractivity (Wildman–Crippen MR) is 70.8 cm³/mol. The topological polar surface area (TPSA) is 46.9 Å². The number of carbonyl (C=O) groups is 1. The second kappa shape index (κ2) is 6.00. The first-order chi connectivity index (χ1) is 8.81. The maximum atomic E-state index is 11.8. The lowest BCUT2D eigenvalue weighted by Gasteiger charge is -2.01. The van der Waals surface area contributed by atoms with Crippen LogP contribution < -0.4 is 5.32 Å². The van der Waals surface area contributed by atoms with Gasteiger partial charge in [-0.3, -0.25) is 4.79 Å². The molecule has 4 heteroatoms. The van der Waals surface area contributed by atoms with Gasteiger partial charge in [-0.2, -0.15) is 0 Å². The van der Waals surface area contributed by atoms with E-state index in [9.17, 15) is 4.79 Å². The Bertz CT molecular complexity index is 505. The van der Waals surface area contributed by atoms with Gasteiger partial charge < -0.3 is 9.88 Å². The number of para-hydroxylation sites is 1. The van der Waals surface area contributed by atoms with E-state index in [0.29, 0.717) is 12.2 Å². The molecule has 18 heavy (non-hydrogen) atoms. The van der Waals surface area contributed by atoms with Gasteiger partial charge in [-0.25, -0.2) is 4.98 Å². The third-order valence-corrected chi connectivity index (χ3v) is 2.69. The molecule has 0 saturated heterocycles. The summed E-state index contributed by atoms with van der Waals surface area (Å²) < 4.78 is 1.84. The third kappa shape index (κ3) is 2.97. The smallest absolute Gasteiger partial charge is 0.271 e. The van der Waals surface area contributed by atoms with E-state index in [4.69, 9.17) is 0 Å². The standard InChI is InChI=1S/C14H17N3O/c1-2-3-9-15-14(18)13-10-17(11-16-13)12-7-5-4-6-8-12/h4-8,10-11H,2-3,9H2,1H3,(H,15,18). The zero-order valence-electron chi connectivity index (χ0n) is 10.5. The van der Waals surface area contributed by atoms with Gasteiger partial charge in [0.1, 0.15) is 12.0 Å². The molecule has 0 aliphatic rings. The van der Waals surface area contributed by atoms with Gasteiger partial charge in [0.15, 0.2) is 0 Å². The normalized spacial score (nSPS) is 10.3. The minimum Gasteiger partial charge on any atom is -0.351 e. The van der Waals surface area contributed by atoms with Crippen molar-refractivity contribution in [1.29, 1.82) is 0 Å². The Kier molecular flexibility index (Phi) is 4.12. The number of aromatic nitrogens is 2. The maximum absolute atomic E-state index is 11.8. The van der Waals surface area contributed by atoms with Gasteiger partial charge in [0, 0.05) is 18.4 Å². The van der Waals surface area contributed by atoms with Crippen LogP contribution in [0.25, 0.3) is 5.69 Å². The quantitative estimate of drug-likeness (QED) is 0.820. The van der Waals surface area contributed by atoms with Crippen LogP contribution in [-0.2, 0) is 0 Å². The van der Waals surface area contributed by atoms with E-state index in [1.165, 1.54) is 0 Å². The fourth-order valence-electron chi connectivity index (χ4n) is 1.65. The van der Waals surface area contributed by atoms with Crippen molar-refractivity contribution in [2.45, 2.75) is 19.8 Å². The molecule has 1 aromatic heterocycles. The van der Waals surface area contributed by atoms with E-state index >= 15 is 0 Å². The number of unbranched alkanes of at least 4 members (excludes halogenated alkanes) is 1. The molecule has 1 amide bonds. The summed E-state index contributed by atoms with van der Waals surface area (Å²) in [5, 5.41) is 2.85. The molecule has 0 unspecified atom stereocenters. The molecule has 0 atom stereocenters. The van der Waals surface area contributed by atoms with Crippen molar-refractivity contribution in [3.63, 3.8) is 0 Å². The average molecular weight is 243 g/mol. The van der Waals surface area contributed by atoms with Crippen LogP contribution in [-0.4, -0.2) is 22.0 Å². The minimum atomic E-state index is -0.113. The molecule has 0 fully saturated rings. The van der Waals surface area contributed by atoms with E-state index < -0.39 is 0 Å². The van der Waals surface area contributed by atoms with Crippen LogP contribution in [0.5, 0.6) is 0 Å². The molecular weight excluding hydrogens is 226 g/mol. The highest BCUT2D eigenvalue weighted by Crippen LogP contribution is 2.07. The summed E-state index contributed by atoms with van der Waals surface area (Å²) in [6, 6.07) is 9.81. The van der Waals surface area contributed by atoms with Crippen molar-refractivity contribution in [2.75, 3.05) is 6.54 Å². The zero-order chi connectivity index (χ0) is 12.8. The molecule has 1 aromatic carbocycles. The molecule has 1 N–H and O–H groups in total. The summed E-state index contributed by atoms with van der Waals surface area (Å²) in [6.45, 7) is 2.80. The van der Waals surface area contributed by atoms with Crippen molar-refractivity contribution in [3.8, 4) is 5.69 Å². The van der Waals surface area contributed by atoms with Gasteiger partial charge in [-0.15, -0.1) is 0 Å². The number of hydrogen-bond donors (Lipinski definition) is 1. The van der Waals surface area contributed by atoms with Gasteiger partial charge in [0.25, 0.3) is 5.91 Å². The van der Waals surface area contributed by atoms with E-state index in [1.54, 1.807) is 12.5 Å². The lowest BCUT2D eigenvalue weighted by molar-refractivity contribution is 0.0948. The number of nitrogens with zero attached hydrogens (tertiary/aromatic N) is 2. The van der Waals surface area contributed by atoms with Crippen LogP contribution in [0.15, 0.2) is 42.9 Å². The Morgan fingerprint density at radius 1 is 1.33 bits per heavy atom. The predicted octanol–water partition coefficient (Wildman–Crippen LogP) is 2.40. The molecule has 94 valence electrons. The summed E-state index contributed by atoms with van der Waals surface area (Å²) in [6.07, 6.45) is 5.46. The number of benzene rings is 1. The molecule has 2 aromatic rings. The summed E-state index contributed by atoms with van der Waals surface area (Å²) in [4.78, 5) is 15.9. The van der Waals surface area contributed by atoms with Crippen molar-refractivity contribution < 1.29 is 4.79 Å². The van der Waals surface area contributed by atoms with E-state index in [0.717, 1.165) is 18.5 Å². The Morgan fingerprint density at radius 3 is 2.83 bits per heavy atom. The highest BCUT2D eigenvalue weighted by molar-refractivity contribution is 5.92. The average Bonchev–Trinajstić information content (AvgIpc) is 2.89. The van der Waals surface area contributed by atoms with Crippen molar-refractivity contribution in [3.05, 3.63) is 48.5 Å². The Morgan fingerprint density at radius 2 is 2.11 bits per heavy atom. The van der Waals surface area contributed by atoms with Crippen molar-refractivity contribution >= 4 is 5.91 Å². The highest BCUT2D eigenvalue weighted by Gasteiger charge is 2.08. The van der Waals surface area contributed by atoms with Crippen LogP contribution in [0.1, 0.15) is 30.3 Å². The monoisotopic (exact) mass is 243 g/mol. The number of amides is 1. The number of imidazole rings is 1. The summed E-state index contributed by atoms with van der Waals surface area (Å²) in [5.41, 5.74) is 1.45. The number of nitrogens with one attached hydrogen (secondary N) is 1. The van der Waals surface area contributed by atoms with E-state index in [-0.39, 0.29) is 5.91 Å². The Hall–Kier alpha value is -2.10. The third-order valence-electron chi connectivity index (χ3n) is 2.69. The maximum Gasteiger partial charge on any atom is 0.271 e. The summed E-state index contributed by atoms with van der Waals surface area (Å²) >= 11 is 0. The second-order valence-corrected chi connectivity index (χ2v) is 4.11. The van der Waals surface area contributed by atoms with Gasteiger partial charge in [-0.05, 0) is 18.6 Å². The SMILES string of the molecule is CCCCNC(=O)c1cn(-c2ccccc2)cn1. The molecule has 0 aliphatic heterocycles. The Balaban J connectivity index is 2.04. The summed E-state index contributed by atoms with van der Waals surface area (Å²) in [7, 11) is 0. The zero-order valence-corrected chi connectivity index (χ0v) is 10.5. The lowest BCUT2D eigenvalue weighted by Crippen LogP contribution is -2.24. The number of rotatable bonds is 5. The molecule has 0 saturated carbocycles. The van der Waals surface area contributed by atoms with Crippen LogP contribution >= 0.6 is 0 Å². The van der Waals surface area contributed by atoms with Gasteiger partial charge in [0.2, 0.25) is 0 Å². The fraction of sp³-hybridized carbons (Fsp3) is 0.286. The van der Waals surface area contributed by atoms with E-state index in [2.05, 4.69) is 17.2 Å². The Labute approximate surface area is 107 Å². The van der Waals surface area contributed by atoms with Gasteiger partial charge >= 0.3 is 0 Å². The van der Waals surface area contributed by atoms with Crippen molar-refractivity contribution in [2.24, 2.45) is 0 Å². The first-order valence-corrected chi connectivity index (χ1v) is 6.19. The second-order valence-electron chi connectivity index (χ2n) is 4.11. The first kappa shape index (κ1) is 12.4. The molecule has 0 aliphatic carbocycles. The van der Waals surface area contributed by atoms with Gasteiger partial charge in [-0.1, -0.05) is 31.5 Å². The van der Waals surface area contributed by atoms with Crippen LogP contribution in [0.3, 0.4) is 0 Å². The van der Waals surface area contributed by atoms with Crippen LogP contribution in [0, 0.1) is 0 Å². The van der Waals surface area contributed by atoms with Gasteiger partial charge in [0.05, 0.1) is 0 Å².